The van der Waals surface area contributed by atoms with Crippen molar-refractivity contribution in [1.29, 1.82) is 0 Å². The summed E-state index contributed by atoms with van der Waals surface area (Å²) in [6.45, 7) is 8.40. The minimum absolute atomic E-state index is 0.0413. The number of hydrazine groups is 1. The first kappa shape index (κ1) is 20.1. The van der Waals surface area contributed by atoms with Crippen LogP contribution in [0.25, 0.3) is 0 Å². The number of carbonyl (C=O) groups excluding carboxylic acids is 3. The van der Waals surface area contributed by atoms with Gasteiger partial charge in [0, 0.05) is 26.2 Å². The fourth-order valence-corrected chi connectivity index (χ4v) is 4.07. The van der Waals surface area contributed by atoms with E-state index in [1.165, 1.54) is 0 Å². The first-order valence-electron chi connectivity index (χ1n) is 9.82. The van der Waals surface area contributed by atoms with Gasteiger partial charge in [0.05, 0.1) is 18.4 Å². The van der Waals surface area contributed by atoms with Crippen molar-refractivity contribution in [3.63, 3.8) is 0 Å². The number of nitrogens with zero attached hydrogens (tertiary/aromatic N) is 5. The Morgan fingerprint density at radius 1 is 1.21 bits per heavy atom. The molecular weight excluding hydrogens is 362 g/mol. The van der Waals surface area contributed by atoms with Crippen LogP contribution in [-0.2, 0) is 11.3 Å². The number of carbonyl (C=O) groups is 3. The average molecular weight is 391 g/mol. The van der Waals surface area contributed by atoms with E-state index in [-0.39, 0.29) is 17.9 Å². The molecule has 1 aromatic heterocycles. The maximum atomic E-state index is 13.0. The van der Waals surface area contributed by atoms with Gasteiger partial charge in [-0.2, -0.15) is 0 Å². The third-order valence-corrected chi connectivity index (χ3v) is 5.73. The normalized spacial score (nSPS) is 18.5. The average Bonchev–Trinajstić information content (AvgIpc) is 3.21. The van der Waals surface area contributed by atoms with E-state index >= 15 is 0 Å². The Hall–Kier alpha value is -2.62. The van der Waals surface area contributed by atoms with Gasteiger partial charge in [-0.25, -0.2) is 24.1 Å². The molecule has 10 nitrogen and oxygen atoms in total. The molecule has 0 aromatic carbocycles. The van der Waals surface area contributed by atoms with E-state index in [1.54, 1.807) is 20.7 Å². The van der Waals surface area contributed by atoms with Crippen LogP contribution in [0.2, 0.25) is 0 Å². The van der Waals surface area contributed by atoms with E-state index in [1.807, 2.05) is 25.8 Å². The molecule has 28 heavy (non-hydrogen) atoms. The van der Waals surface area contributed by atoms with Gasteiger partial charge in [-0.05, 0) is 12.8 Å². The van der Waals surface area contributed by atoms with Crippen LogP contribution in [0.5, 0.6) is 0 Å². The fourth-order valence-electron chi connectivity index (χ4n) is 4.07. The minimum Gasteiger partial charge on any atom is -0.352 e. The maximum Gasteiger partial charge on any atom is 0.344 e. The third-order valence-electron chi connectivity index (χ3n) is 5.73. The highest BCUT2D eigenvalue weighted by molar-refractivity contribution is 5.87. The van der Waals surface area contributed by atoms with Crippen LogP contribution in [0, 0.1) is 12.8 Å². The molecule has 0 bridgehead atoms. The largest absolute Gasteiger partial charge is 0.352 e. The Morgan fingerprint density at radius 3 is 2.39 bits per heavy atom. The van der Waals surface area contributed by atoms with Crippen molar-refractivity contribution in [2.75, 3.05) is 26.2 Å². The van der Waals surface area contributed by atoms with Crippen molar-refractivity contribution in [2.24, 2.45) is 11.7 Å². The van der Waals surface area contributed by atoms with E-state index in [0.29, 0.717) is 38.5 Å². The lowest BCUT2D eigenvalue weighted by molar-refractivity contribution is -0.138. The van der Waals surface area contributed by atoms with Crippen LogP contribution in [0.3, 0.4) is 0 Å². The lowest BCUT2D eigenvalue weighted by Gasteiger charge is -2.40. The number of urea groups is 1. The summed E-state index contributed by atoms with van der Waals surface area (Å²) in [7, 11) is 0. The molecule has 2 aliphatic heterocycles. The molecule has 0 saturated carbocycles. The highest BCUT2D eigenvalue weighted by atomic mass is 16.2. The second kappa shape index (κ2) is 8.17. The Labute approximate surface area is 164 Å². The van der Waals surface area contributed by atoms with Gasteiger partial charge >= 0.3 is 12.1 Å². The van der Waals surface area contributed by atoms with Crippen molar-refractivity contribution < 1.29 is 14.4 Å². The molecule has 3 N–H and O–H groups in total. The van der Waals surface area contributed by atoms with Gasteiger partial charge in [0.2, 0.25) is 5.91 Å². The monoisotopic (exact) mass is 391 g/mol. The summed E-state index contributed by atoms with van der Waals surface area (Å²) < 4.78 is 1.62. The van der Waals surface area contributed by atoms with Crippen LogP contribution in [0.15, 0.2) is 6.20 Å². The van der Waals surface area contributed by atoms with Gasteiger partial charge in [0.15, 0.2) is 0 Å². The van der Waals surface area contributed by atoms with Gasteiger partial charge in [0.25, 0.3) is 0 Å². The molecule has 1 atom stereocenters. The van der Waals surface area contributed by atoms with E-state index in [2.05, 4.69) is 10.3 Å². The van der Waals surface area contributed by atoms with Gasteiger partial charge in [-0.1, -0.05) is 26.7 Å². The standard InChI is InChI=1S/C18H29N7O3/c1-4-13(5-2)15(21-17(19)27)16(26)22-6-8-23(9-7-22)24-11-14-10-20-12(3)25(14)18(24)28/h10,13,15H,4-9,11H2,1-3H3,(H3,19,21,27). The lowest BCUT2D eigenvalue weighted by Crippen LogP contribution is -2.60. The van der Waals surface area contributed by atoms with Gasteiger partial charge in [-0.3, -0.25) is 9.80 Å². The minimum atomic E-state index is -0.683. The van der Waals surface area contributed by atoms with Crippen LogP contribution >= 0.6 is 0 Å². The van der Waals surface area contributed by atoms with Gasteiger partial charge < -0.3 is 16.0 Å². The number of nitrogens with one attached hydrogen (secondary N) is 1. The summed E-state index contributed by atoms with van der Waals surface area (Å²) >= 11 is 0. The van der Waals surface area contributed by atoms with Crippen LogP contribution in [-0.4, -0.2) is 74.7 Å². The second-order valence-electron chi connectivity index (χ2n) is 7.31. The molecule has 0 aliphatic carbocycles. The molecule has 1 fully saturated rings. The van der Waals surface area contributed by atoms with Gasteiger partial charge in [-0.15, -0.1) is 0 Å². The predicted molar refractivity (Wildman–Crippen MR) is 102 cm³/mol. The first-order chi connectivity index (χ1) is 13.4. The molecule has 2 aliphatic rings. The van der Waals surface area contributed by atoms with Crippen LogP contribution in [0.1, 0.15) is 38.2 Å². The quantitative estimate of drug-likeness (QED) is 0.733. The zero-order chi connectivity index (χ0) is 20.4. The summed E-state index contributed by atoms with van der Waals surface area (Å²) in [4.78, 5) is 43.0. The zero-order valence-corrected chi connectivity index (χ0v) is 16.7. The molecule has 154 valence electrons. The third kappa shape index (κ3) is 3.68. The smallest absolute Gasteiger partial charge is 0.344 e. The Bertz CT molecular complexity index is 750. The number of aromatic nitrogens is 2. The first-order valence-corrected chi connectivity index (χ1v) is 9.82. The summed E-state index contributed by atoms with van der Waals surface area (Å²) in [6, 6.07) is -1.39. The summed E-state index contributed by atoms with van der Waals surface area (Å²) in [5.41, 5.74) is 6.17. The second-order valence-corrected chi connectivity index (χ2v) is 7.31. The highest BCUT2D eigenvalue weighted by Gasteiger charge is 2.37. The van der Waals surface area contributed by atoms with Crippen molar-refractivity contribution in [1.82, 2.24) is 29.8 Å². The number of fused-ring (bicyclic) bond motifs is 1. The summed E-state index contributed by atoms with van der Waals surface area (Å²) in [6.07, 6.45) is 3.28. The van der Waals surface area contributed by atoms with E-state index in [0.717, 1.165) is 18.5 Å². The Balaban J connectivity index is 1.62. The number of nitrogens with two attached hydrogens (primary N) is 1. The zero-order valence-electron chi connectivity index (χ0n) is 16.7. The summed E-state index contributed by atoms with van der Waals surface area (Å²) in [5, 5.41) is 6.32. The topological polar surface area (TPSA) is 117 Å². The molecular formula is C18H29N7O3. The van der Waals surface area contributed by atoms with E-state index in [4.69, 9.17) is 5.73 Å². The number of primary amides is 1. The highest BCUT2D eigenvalue weighted by Crippen LogP contribution is 2.22. The molecule has 10 heteroatoms. The van der Waals surface area contributed by atoms with E-state index in [9.17, 15) is 14.4 Å². The molecule has 3 heterocycles. The Morgan fingerprint density at radius 2 is 1.86 bits per heavy atom. The molecule has 1 aromatic rings. The van der Waals surface area contributed by atoms with Crippen molar-refractivity contribution >= 4 is 18.0 Å². The Kier molecular flexibility index (Phi) is 5.87. The number of amides is 4. The number of hydrogen-bond acceptors (Lipinski definition) is 5. The van der Waals surface area contributed by atoms with Crippen LogP contribution in [0.4, 0.5) is 9.59 Å². The number of aryl methyl sites for hydroxylation is 1. The number of rotatable bonds is 6. The van der Waals surface area contributed by atoms with Crippen molar-refractivity contribution in [3.8, 4) is 0 Å². The molecule has 1 saturated heterocycles. The number of imidazole rings is 1. The number of hydrogen-bond donors (Lipinski definition) is 2. The number of piperazine rings is 1. The van der Waals surface area contributed by atoms with Crippen LogP contribution < -0.4 is 11.1 Å². The van der Waals surface area contributed by atoms with Crippen molar-refractivity contribution in [2.45, 2.75) is 46.2 Å². The molecule has 0 radical (unpaired) electrons. The van der Waals surface area contributed by atoms with Crippen molar-refractivity contribution in [3.05, 3.63) is 17.7 Å². The summed E-state index contributed by atoms with van der Waals surface area (Å²) in [5.74, 6) is 0.618. The fraction of sp³-hybridized carbons (Fsp3) is 0.667. The molecule has 4 amide bonds. The molecule has 1 unspecified atom stereocenters. The molecule has 0 spiro atoms. The van der Waals surface area contributed by atoms with E-state index < -0.39 is 12.1 Å². The lowest BCUT2D eigenvalue weighted by atomic mass is 9.93. The predicted octanol–water partition coefficient (Wildman–Crippen LogP) is 0.508. The van der Waals surface area contributed by atoms with Gasteiger partial charge in [0.1, 0.15) is 11.9 Å². The SMILES string of the molecule is CCC(CC)C(NC(N)=O)C(=O)N1CCN(N2Cc3cnc(C)n3C2=O)CC1. The molecule has 3 rings (SSSR count). The maximum absolute atomic E-state index is 13.0.